The third kappa shape index (κ3) is 3.47. The molecule has 0 bridgehead atoms. The second kappa shape index (κ2) is 6.31. The summed E-state index contributed by atoms with van der Waals surface area (Å²) in [5, 5.41) is 10.7. The lowest BCUT2D eigenvalue weighted by molar-refractivity contribution is -0.385. The van der Waals surface area contributed by atoms with E-state index >= 15 is 0 Å². The highest BCUT2D eigenvalue weighted by Gasteiger charge is 2.59. The molecule has 0 atom stereocenters. The summed E-state index contributed by atoms with van der Waals surface area (Å²) in [6.45, 7) is 8.62. The monoisotopic (exact) mass is 359 g/mol. The first-order valence-corrected chi connectivity index (χ1v) is 8.66. The number of ether oxygens (including phenoxy) is 1. The van der Waals surface area contributed by atoms with Crippen LogP contribution in [0.2, 0.25) is 5.31 Å². The zero-order valence-corrected chi connectivity index (χ0v) is 15.2. The minimum atomic E-state index is -0.554. The van der Waals surface area contributed by atoms with Crippen molar-refractivity contribution in [2.24, 2.45) is 0 Å². The minimum absolute atomic E-state index is 0.0659. The molecule has 25 heavy (non-hydrogen) atoms. The molecule has 9 heteroatoms. The maximum Gasteiger partial charge on any atom is 0.375 e. The molecule has 0 saturated carbocycles. The van der Waals surface area contributed by atoms with E-state index in [0.717, 1.165) is 17.3 Å². The average Bonchev–Trinajstić information content (AvgIpc) is 2.56. The van der Waals surface area contributed by atoms with E-state index in [1.54, 1.807) is 11.6 Å². The molecule has 2 aromatic rings. The first-order valence-electron chi connectivity index (χ1n) is 7.78. The third-order valence-electron chi connectivity index (χ3n) is 4.64. The Balaban J connectivity index is 1.62. The van der Waals surface area contributed by atoms with Crippen LogP contribution < -0.4 is 4.74 Å². The topological polar surface area (TPSA) is 87.4 Å². The summed E-state index contributed by atoms with van der Waals surface area (Å²) in [5.74, 6) is 0.562. The molecule has 1 aromatic carbocycles. The van der Waals surface area contributed by atoms with Crippen LogP contribution in [-0.2, 0) is 4.65 Å². The van der Waals surface area contributed by atoms with Gasteiger partial charge in [-0.05, 0) is 43.0 Å². The van der Waals surface area contributed by atoms with Crippen molar-refractivity contribution in [1.29, 1.82) is 0 Å². The summed E-state index contributed by atoms with van der Waals surface area (Å²) in [5.41, 5.74) is -0.300. The van der Waals surface area contributed by atoms with Gasteiger partial charge in [0.1, 0.15) is 18.1 Å². The van der Waals surface area contributed by atoms with Crippen LogP contribution in [0.15, 0.2) is 41.6 Å². The highest BCUT2D eigenvalue weighted by Crippen LogP contribution is 2.58. The molecular formula is C16H18BN3O4S. The molecule has 1 aliphatic heterocycles. The molecule has 0 amide bonds. The van der Waals surface area contributed by atoms with Crippen molar-refractivity contribution in [3.8, 4) is 11.8 Å². The molecule has 2 heterocycles. The first-order chi connectivity index (χ1) is 11.7. The van der Waals surface area contributed by atoms with E-state index in [0.29, 0.717) is 5.75 Å². The molecule has 130 valence electrons. The maximum absolute atomic E-state index is 10.6. The summed E-state index contributed by atoms with van der Waals surface area (Å²) >= 11 is 1.68. The number of rotatable bonds is 5. The van der Waals surface area contributed by atoms with Gasteiger partial charge in [-0.25, -0.2) is 0 Å². The fraction of sp³-hybridized carbons (Fsp3) is 0.375. The van der Waals surface area contributed by atoms with Gasteiger partial charge in [-0.15, -0.1) is 11.6 Å². The number of nitrogens with zero attached hydrogens (tertiary/aromatic N) is 3. The Labute approximate surface area is 150 Å². The Morgan fingerprint density at radius 3 is 2.24 bits per heavy atom. The van der Waals surface area contributed by atoms with E-state index in [1.165, 1.54) is 0 Å². The molecule has 1 aliphatic rings. The molecule has 1 aromatic heterocycles. The van der Waals surface area contributed by atoms with Crippen LogP contribution in [0.5, 0.6) is 11.8 Å². The number of aromatic nitrogens is 2. The summed E-state index contributed by atoms with van der Waals surface area (Å²) < 4.78 is 11.5. The van der Waals surface area contributed by atoms with Crippen molar-refractivity contribution < 1.29 is 14.3 Å². The zero-order valence-electron chi connectivity index (χ0n) is 14.4. The molecule has 0 spiro atoms. The highest BCUT2D eigenvalue weighted by atomic mass is 32.2. The largest absolute Gasteiger partial charge is 0.424 e. The van der Waals surface area contributed by atoms with Crippen molar-refractivity contribution in [2.45, 2.75) is 43.5 Å². The van der Waals surface area contributed by atoms with E-state index in [2.05, 4.69) is 37.7 Å². The number of hydrogen-bond donors (Lipinski definition) is 0. The lowest BCUT2D eigenvalue weighted by Crippen LogP contribution is -2.59. The third-order valence-corrected chi connectivity index (χ3v) is 6.09. The van der Waals surface area contributed by atoms with Crippen LogP contribution in [0.25, 0.3) is 0 Å². The van der Waals surface area contributed by atoms with Crippen molar-refractivity contribution in [3.05, 3.63) is 46.8 Å². The van der Waals surface area contributed by atoms with Gasteiger partial charge in [0.15, 0.2) is 0 Å². The Morgan fingerprint density at radius 2 is 1.76 bits per heavy atom. The van der Waals surface area contributed by atoms with Gasteiger partial charge in [-0.3, -0.25) is 10.1 Å². The van der Waals surface area contributed by atoms with Gasteiger partial charge in [0.2, 0.25) is 0 Å². The van der Waals surface area contributed by atoms with Gasteiger partial charge in [0.25, 0.3) is 0 Å². The second-order valence-corrected chi connectivity index (χ2v) is 7.99. The van der Waals surface area contributed by atoms with Crippen molar-refractivity contribution in [2.75, 3.05) is 0 Å². The van der Waals surface area contributed by atoms with Crippen molar-refractivity contribution in [3.63, 3.8) is 0 Å². The fourth-order valence-corrected chi connectivity index (χ4v) is 3.64. The molecule has 0 radical (unpaired) electrons. The molecule has 0 N–H and O–H groups in total. The van der Waals surface area contributed by atoms with Gasteiger partial charge in [-0.1, -0.05) is 13.8 Å². The van der Waals surface area contributed by atoms with Crippen LogP contribution in [0.4, 0.5) is 5.69 Å². The Hall–Kier alpha value is -2.13. The van der Waals surface area contributed by atoms with E-state index in [-0.39, 0.29) is 28.8 Å². The molecular weight excluding hydrogens is 341 g/mol. The van der Waals surface area contributed by atoms with E-state index in [4.69, 9.17) is 9.39 Å². The second-order valence-electron chi connectivity index (χ2n) is 6.85. The van der Waals surface area contributed by atoms with Crippen LogP contribution in [0, 0.1) is 10.1 Å². The molecule has 0 aliphatic carbocycles. The van der Waals surface area contributed by atoms with Gasteiger partial charge in [0, 0.05) is 10.9 Å². The van der Waals surface area contributed by atoms with Crippen molar-refractivity contribution in [1.82, 2.24) is 9.97 Å². The van der Waals surface area contributed by atoms with E-state index < -0.39 is 4.92 Å². The molecule has 3 rings (SSSR count). The van der Waals surface area contributed by atoms with E-state index in [1.807, 2.05) is 24.3 Å². The zero-order chi connectivity index (χ0) is 18.2. The highest BCUT2D eigenvalue weighted by molar-refractivity contribution is 8.25. The van der Waals surface area contributed by atoms with Crippen LogP contribution in [0.1, 0.15) is 27.7 Å². The Bertz CT molecular complexity index is 781. The van der Waals surface area contributed by atoms with Crippen LogP contribution >= 0.6 is 11.6 Å². The number of hydrogen-bond acceptors (Lipinski definition) is 7. The minimum Gasteiger partial charge on any atom is -0.424 e. The van der Waals surface area contributed by atoms with Crippen molar-refractivity contribution >= 4 is 23.5 Å². The van der Waals surface area contributed by atoms with Gasteiger partial charge >= 0.3 is 17.9 Å². The molecule has 0 unspecified atom stereocenters. The maximum atomic E-state index is 10.6. The summed E-state index contributed by atoms with van der Waals surface area (Å²) in [6, 6.07) is 7.57. The first kappa shape index (κ1) is 17.7. The normalized spacial score (nSPS) is 17.7. The van der Waals surface area contributed by atoms with Crippen LogP contribution in [-0.4, -0.2) is 26.7 Å². The molecule has 1 fully saturated rings. The van der Waals surface area contributed by atoms with E-state index in [9.17, 15) is 10.1 Å². The summed E-state index contributed by atoms with van der Waals surface area (Å²) in [7, 11) is 0. The molecule has 7 nitrogen and oxygen atoms in total. The number of benzene rings is 1. The fourth-order valence-electron chi connectivity index (χ4n) is 2.24. The predicted molar refractivity (Wildman–Crippen MR) is 96.0 cm³/mol. The van der Waals surface area contributed by atoms with Crippen LogP contribution in [0.3, 0.4) is 0 Å². The summed E-state index contributed by atoms with van der Waals surface area (Å²) in [4.78, 5) is 18.8. The average molecular weight is 359 g/mol. The number of nitro groups is 1. The Kier molecular flexibility index (Phi) is 4.46. The lowest BCUT2D eigenvalue weighted by Gasteiger charge is -2.56. The Morgan fingerprint density at radius 1 is 1.16 bits per heavy atom. The van der Waals surface area contributed by atoms with Gasteiger partial charge < -0.3 is 9.39 Å². The smallest absolute Gasteiger partial charge is 0.375 e. The van der Waals surface area contributed by atoms with Gasteiger partial charge in [0.05, 0.1) is 4.92 Å². The quantitative estimate of drug-likeness (QED) is 0.446. The van der Waals surface area contributed by atoms with Gasteiger partial charge in [-0.2, -0.15) is 9.97 Å². The molecule has 1 saturated heterocycles. The predicted octanol–water partition coefficient (Wildman–Crippen LogP) is 4.35. The standard InChI is InChI=1S/C16H18BN3O4S/c1-15(2)16(3,4)24-17(15)25-13-7-5-12(6-8-13)23-14-18-9-11(10-19-14)20(21)22/h5-10H,1-4H3. The lowest BCUT2D eigenvalue weighted by atomic mass is 9.49. The SMILES string of the molecule is CC1(C)OB(Sc2ccc(Oc3ncc([N+](=O)[O-])cn3)cc2)C1(C)C. The summed E-state index contributed by atoms with van der Waals surface area (Å²) in [6.07, 6.45) is 2.33.